The van der Waals surface area contributed by atoms with E-state index in [0.29, 0.717) is 13.0 Å². The molecule has 1 N–H and O–H groups in total. The second kappa shape index (κ2) is 8.96. The van der Waals surface area contributed by atoms with Gasteiger partial charge in [-0.1, -0.05) is 52.0 Å². The molecule has 0 bridgehead atoms. The molecule has 0 saturated carbocycles. The number of aryl methyl sites for hydroxylation is 1. The lowest BCUT2D eigenvalue weighted by molar-refractivity contribution is -0.120. The molecule has 1 rings (SSSR count). The van der Waals surface area contributed by atoms with Gasteiger partial charge < -0.3 is 5.32 Å². The molecule has 0 aliphatic rings. The first-order valence-corrected chi connectivity index (χ1v) is 6.10. The molecule has 0 aliphatic heterocycles. The van der Waals surface area contributed by atoms with Crippen molar-refractivity contribution in [2.24, 2.45) is 0 Å². The Morgan fingerprint density at radius 2 is 1.81 bits per heavy atom. The standard InChI is InChI=1S/C12H17NO.C2H6/c1-3-10-6-5-7-11(8-10)9-13-12(14)4-2;1-2/h5-8H,3-4,9H2,1-2H3,(H,13,14);1-2H3. The fourth-order valence-electron chi connectivity index (χ4n) is 1.29. The molecule has 0 radical (unpaired) electrons. The highest BCUT2D eigenvalue weighted by Crippen LogP contribution is 2.05. The third-order valence-corrected chi connectivity index (χ3v) is 2.21. The zero-order valence-electron chi connectivity index (χ0n) is 10.8. The van der Waals surface area contributed by atoms with Gasteiger partial charge in [-0.15, -0.1) is 0 Å². The third kappa shape index (κ3) is 5.54. The van der Waals surface area contributed by atoms with Gasteiger partial charge in [0.1, 0.15) is 0 Å². The molecule has 1 aromatic rings. The summed E-state index contributed by atoms with van der Waals surface area (Å²) in [7, 11) is 0. The van der Waals surface area contributed by atoms with E-state index < -0.39 is 0 Å². The molecule has 0 heterocycles. The van der Waals surface area contributed by atoms with E-state index in [1.165, 1.54) is 11.1 Å². The largest absolute Gasteiger partial charge is 0.352 e. The molecule has 1 amide bonds. The van der Waals surface area contributed by atoms with Crippen LogP contribution in [-0.2, 0) is 17.8 Å². The van der Waals surface area contributed by atoms with Crippen LogP contribution in [0.1, 0.15) is 45.2 Å². The number of rotatable bonds is 4. The maximum Gasteiger partial charge on any atom is 0.219 e. The normalized spacial score (nSPS) is 9.00. The van der Waals surface area contributed by atoms with Gasteiger partial charge >= 0.3 is 0 Å². The van der Waals surface area contributed by atoms with E-state index in [4.69, 9.17) is 0 Å². The SMILES string of the molecule is CC.CCC(=O)NCc1cccc(CC)c1. The summed E-state index contributed by atoms with van der Waals surface area (Å²) in [4.78, 5) is 11.0. The van der Waals surface area contributed by atoms with Crippen molar-refractivity contribution >= 4 is 5.91 Å². The number of carbonyl (C=O) groups is 1. The molecule has 2 heteroatoms. The van der Waals surface area contributed by atoms with Gasteiger partial charge in [0, 0.05) is 13.0 Å². The average molecular weight is 221 g/mol. The molecule has 0 atom stereocenters. The van der Waals surface area contributed by atoms with Crippen LogP contribution in [0.15, 0.2) is 24.3 Å². The van der Waals surface area contributed by atoms with E-state index in [2.05, 4.69) is 24.4 Å². The first-order chi connectivity index (χ1) is 7.76. The third-order valence-electron chi connectivity index (χ3n) is 2.21. The number of hydrogen-bond donors (Lipinski definition) is 1. The molecular formula is C14H23NO. The van der Waals surface area contributed by atoms with Gasteiger partial charge in [0.15, 0.2) is 0 Å². The van der Waals surface area contributed by atoms with Crippen LogP contribution < -0.4 is 5.32 Å². The highest BCUT2D eigenvalue weighted by molar-refractivity contribution is 5.75. The Kier molecular flexibility index (Phi) is 8.22. The van der Waals surface area contributed by atoms with Crippen LogP contribution in [0.25, 0.3) is 0 Å². The second-order valence-corrected chi connectivity index (χ2v) is 3.30. The van der Waals surface area contributed by atoms with E-state index in [9.17, 15) is 4.79 Å². The molecule has 0 spiro atoms. The van der Waals surface area contributed by atoms with Crippen LogP contribution in [0.4, 0.5) is 0 Å². The maximum atomic E-state index is 11.0. The summed E-state index contributed by atoms with van der Waals surface area (Å²) in [6.07, 6.45) is 1.59. The van der Waals surface area contributed by atoms with Crippen LogP contribution in [0, 0.1) is 0 Å². The van der Waals surface area contributed by atoms with Gasteiger partial charge in [0.25, 0.3) is 0 Å². The molecule has 0 unspecified atom stereocenters. The minimum Gasteiger partial charge on any atom is -0.352 e. The zero-order chi connectivity index (χ0) is 12.4. The topological polar surface area (TPSA) is 29.1 Å². The quantitative estimate of drug-likeness (QED) is 0.830. The molecule has 0 saturated heterocycles. The van der Waals surface area contributed by atoms with E-state index >= 15 is 0 Å². The van der Waals surface area contributed by atoms with Crippen LogP contribution >= 0.6 is 0 Å². The highest BCUT2D eigenvalue weighted by atomic mass is 16.1. The Bertz CT molecular complexity index is 307. The van der Waals surface area contributed by atoms with Gasteiger partial charge in [-0.2, -0.15) is 0 Å². The molecule has 1 aromatic carbocycles. The summed E-state index contributed by atoms with van der Waals surface area (Å²) in [5.41, 5.74) is 2.49. The van der Waals surface area contributed by atoms with Gasteiger partial charge in [0.05, 0.1) is 0 Å². The van der Waals surface area contributed by atoms with Crippen molar-refractivity contribution in [1.29, 1.82) is 0 Å². The summed E-state index contributed by atoms with van der Waals surface area (Å²) in [5, 5.41) is 2.86. The zero-order valence-corrected chi connectivity index (χ0v) is 10.8. The van der Waals surface area contributed by atoms with Crippen LogP contribution in [0.5, 0.6) is 0 Å². The van der Waals surface area contributed by atoms with E-state index in [0.717, 1.165) is 6.42 Å². The predicted molar refractivity (Wildman–Crippen MR) is 69.3 cm³/mol. The Hall–Kier alpha value is -1.31. The Morgan fingerprint density at radius 3 is 2.38 bits per heavy atom. The Labute approximate surface area is 99.1 Å². The smallest absolute Gasteiger partial charge is 0.219 e. The van der Waals surface area contributed by atoms with Gasteiger partial charge in [0.2, 0.25) is 5.91 Å². The molecule has 90 valence electrons. The van der Waals surface area contributed by atoms with Gasteiger partial charge in [-0.05, 0) is 17.5 Å². The summed E-state index contributed by atoms with van der Waals surface area (Å²) in [6.45, 7) is 8.63. The minimum absolute atomic E-state index is 0.104. The molecule has 0 aromatic heterocycles. The van der Waals surface area contributed by atoms with Crippen molar-refractivity contribution in [1.82, 2.24) is 5.32 Å². The molecule has 0 fully saturated rings. The van der Waals surface area contributed by atoms with Crippen LogP contribution in [0.3, 0.4) is 0 Å². The average Bonchev–Trinajstić information content (AvgIpc) is 2.38. The van der Waals surface area contributed by atoms with Crippen molar-refractivity contribution in [2.75, 3.05) is 0 Å². The predicted octanol–water partition coefficient (Wildman–Crippen LogP) is 3.30. The lowest BCUT2D eigenvalue weighted by atomic mass is 10.1. The maximum absolute atomic E-state index is 11.0. The van der Waals surface area contributed by atoms with Crippen LogP contribution in [-0.4, -0.2) is 5.91 Å². The van der Waals surface area contributed by atoms with Gasteiger partial charge in [-0.3, -0.25) is 4.79 Å². The fraction of sp³-hybridized carbons (Fsp3) is 0.500. The highest BCUT2D eigenvalue weighted by Gasteiger charge is 1.97. The van der Waals surface area contributed by atoms with Crippen molar-refractivity contribution in [2.45, 2.75) is 47.1 Å². The van der Waals surface area contributed by atoms with Gasteiger partial charge in [-0.25, -0.2) is 0 Å². The monoisotopic (exact) mass is 221 g/mol. The summed E-state index contributed by atoms with van der Waals surface area (Å²) < 4.78 is 0. The molecule has 0 aliphatic carbocycles. The summed E-state index contributed by atoms with van der Waals surface area (Å²) >= 11 is 0. The number of nitrogens with one attached hydrogen (secondary N) is 1. The Balaban J connectivity index is 0.00000106. The first kappa shape index (κ1) is 14.7. The number of benzene rings is 1. The van der Waals surface area contributed by atoms with Crippen molar-refractivity contribution < 1.29 is 4.79 Å². The van der Waals surface area contributed by atoms with Crippen molar-refractivity contribution in [3.63, 3.8) is 0 Å². The summed E-state index contributed by atoms with van der Waals surface area (Å²) in [5.74, 6) is 0.104. The number of carbonyl (C=O) groups excluding carboxylic acids is 1. The minimum atomic E-state index is 0.104. The number of hydrogen-bond acceptors (Lipinski definition) is 1. The fourth-order valence-corrected chi connectivity index (χ4v) is 1.29. The van der Waals surface area contributed by atoms with E-state index in [1.54, 1.807) is 0 Å². The lowest BCUT2D eigenvalue weighted by Gasteiger charge is -2.05. The molecule has 16 heavy (non-hydrogen) atoms. The van der Waals surface area contributed by atoms with E-state index in [-0.39, 0.29) is 5.91 Å². The molecule has 2 nitrogen and oxygen atoms in total. The van der Waals surface area contributed by atoms with Crippen LogP contribution in [0.2, 0.25) is 0 Å². The first-order valence-electron chi connectivity index (χ1n) is 6.10. The lowest BCUT2D eigenvalue weighted by Crippen LogP contribution is -2.21. The Morgan fingerprint density at radius 1 is 1.19 bits per heavy atom. The van der Waals surface area contributed by atoms with E-state index in [1.807, 2.05) is 32.9 Å². The number of amides is 1. The van der Waals surface area contributed by atoms with Crippen molar-refractivity contribution in [3.8, 4) is 0 Å². The van der Waals surface area contributed by atoms with Crippen molar-refractivity contribution in [3.05, 3.63) is 35.4 Å². The molecular weight excluding hydrogens is 198 g/mol. The second-order valence-electron chi connectivity index (χ2n) is 3.30. The summed E-state index contributed by atoms with van der Waals surface area (Å²) in [6, 6.07) is 8.31.